The van der Waals surface area contributed by atoms with Crippen LogP contribution in [-0.4, -0.2) is 36.3 Å². The van der Waals surface area contributed by atoms with Gasteiger partial charge in [-0.2, -0.15) is 0 Å². The lowest BCUT2D eigenvalue weighted by atomic mass is 9.87. The Hall–Kier alpha value is -2.82. The number of nitrogens with one attached hydrogen (secondary N) is 1. The van der Waals surface area contributed by atoms with Crippen molar-refractivity contribution in [3.63, 3.8) is 0 Å². The standard InChI is InChI=1S/C20H20N2O3/c23-18(22-11-5-6-12-22)13-21-20(24)19-14-7-1-3-9-16(14)25-17-10-4-2-8-15(17)19/h1-4,7-10,19H,5-6,11-13H2,(H,21,24). The van der Waals surface area contributed by atoms with Crippen LogP contribution in [-0.2, 0) is 9.59 Å². The summed E-state index contributed by atoms with van der Waals surface area (Å²) < 4.78 is 5.91. The first-order chi connectivity index (χ1) is 12.2. The van der Waals surface area contributed by atoms with Crippen LogP contribution in [0.2, 0.25) is 0 Å². The van der Waals surface area contributed by atoms with Crippen LogP contribution in [0.5, 0.6) is 11.5 Å². The van der Waals surface area contributed by atoms with Gasteiger partial charge in [0, 0.05) is 24.2 Å². The molecule has 0 aliphatic carbocycles. The van der Waals surface area contributed by atoms with Gasteiger partial charge in [0.25, 0.3) is 0 Å². The number of hydrogen-bond donors (Lipinski definition) is 1. The van der Waals surface area contributed by atoms with Crippen LogP contribution in [0.4, 0.5) is 0 Å². The Bertz CT molecular complexity index is 767. The number of carbonyl (C=O) groups is 2. The van der Waals surface area contributed by atoms with Crippen molar-refractivity contribution in [3.05, 3.63) is 59.7 Å². The predicted octanol–water partition coefficient (Wildman–Crippen LogP) is 2.66. The molecule has 2 aliphatic rings. The average molecular weight is 336 g/mol. The summed E-state index contributed by atoms with van der Waals surface area (Å²) in [7, 11) is 0. The zero-order chi connectivity index (χ0) is 17.2. The molecule has 0 unspecified atom stereocenters. The molecule has 1 fully saturated rings. The monoisotopic (exact) mass is 336 g/mol. The Kier molecular flexibility index (Phi) is 4.14. The maximum absolute atomic E-state index is 12.9. The molecule has 0 atom stereocenters. The number of nitrogens with zero attached hydrogens (tertiary/aromatic N) is 1. The normalized spacial score (nSPS) is 15.9. The summed E-state index contributed by atoms with van der Waals surface area (Å²) in [6.07, 6.45) is 2.08. The topological polar surface area (TPSA) is 58.6 Å². The fraction of sp³-hybridized carbons (Fsp3) is 0.300. The summed E-state index contributed by atoms with van der Waals surface area (Å²) >= 11 is 0. The van der Waals surface area contributed by atoms with Crippen LogP contribution in [0.1, 0.15) is 29.9 Å². The molecule has 4 rings (SSSR count). The van der Waals surface area contributed by atoms with E-state index in [0.717, 1.165) is 37.1 Å². The summed E-state index contributed by atoms with van der Waals surface area (Å²) in [6.45, 7) is 1.62. The second kappa shape index (κ2) is 6.59. The highest BCUT2D eigenvalue weighted by atomic mass is 16.5. The van der Waals surface area contributed by atoms with Crippen LogP contribution >= 0.6 is 0 Å². The highest BCUT2D eigenvalue weighted by Gasteiger charge is 2.32. The Morgan fingerprint density at radius 1 is 0.960 bits per heavy atom. The minimum atomic E-state index is -0.465. The molecule has 0 spiro atoms. The zero-order valence-corrected chi connectivity index (χ0v) is 13.9. The minimum absolute atomic E-state index is 0.0144. The maximum Gasteiger partial charge on any atom is 0.241 e. The van der Waals surface area contributed by atoms with E-state index < -0.39 is 5.92 Å². The van der Waals surface area contributed by atoms with Crippen LogP contribution in [0.15, 0.2) is 48.5 Å². The van der Waals surface area contributed by atoms with E-state index in [9.17, 15) is 9.59 Å². The van der Waals surface area contributed by atoms with Gasteiger partial charge >= 0.3 is 0 Å². The molecule has 0 saturated carbocycles. The number of benzene rings is 2. The van der Waals surface area contributed by atoms with Crippen molar-refractivity contribution in [2.24, 2.45) is 0 Å². The highest BCUT2D eigenvalue weighted by molar-refractivity contribution is 5.92. The lowest BCUT2D eigenvalue weighted by Crippen LogP contribution is -2.40. The largest absolute Gasteiger partial charge is 0.457 e. The van der Waals surface area contributed by atoms with E-state index in [1.165, 1.54) is 0 Å². The Morgan fingerprint density at radius 3 is 2.12 bits per heavy atom. The third-order valence-electron chi connectivity index (χ3n) is 4.81. The molecule has 0 aromatic heterocycles. The Balaban J connectivity index is 1.56. The number of para-hydroxylation sites is 2. The Labute approximate surface area is 146 Å². The molecule has 128 valence electrons. The van der Waals surface area contributed by atoms with Crippen molar-refractivity contribution >= 4 is 11.8 Å². The first kappa shape index (κ1) is 15.7. The van der Waals surface area contributed by atoms with E-state index in [2.05, 4.69) is 5.32 Å². The summed E-state index contributed by atoms with van der Waals surface area (Å²) in [5.74, 6) is 0.724. The lowest BCUT2D eigenvalue weighted by molar-refractivity contribution is -0.132. The molecule has 25 heavy (non-hydrogen) atoms. The first-order valence-electron chi connectivity index (χ1n) is 8.65. The first-order valence-corrected chi connectivity index (χ1v) is 8.65. The fourth-order valence-corrected chi connectivity index (χ4v) is 3.54. The van der Waals surface area contributed by atoms with E-state index in [-0.39, 0.29) is 18.4 Å². The van der Waals surface area contributed by atoms with Gasteiger partial charge in [0.2, 0.25) is 11.8 Å². The van der Waals surface area contributed by atoms with Crippen molar-refractivity contribution in [3.8, 4) is 11.5 Å². The van der Waals surface area contributed by atoms with Crippen LogP contribution in [0.3, 0.4) is 0 Å². The molecule has 2 heterocycles. The molecule has 5 nitrogen and oxygen atoms in total. The van der Waals surface area contributed by atoms with Gasteiger partial charge in [0.05, 0.1) is 12.5 Å². The number of hydrogen-bond acceptors (Lipinski definition) is 3. The average Bonchev–Trinajstić information content (AvgIpc) is 3.18. The molecular weight excluding hydrogens is 316 g/mol. The molecule has 1 saturated heterocycles. The molecule has 2 aromatic carbocycles. The Morgan fingerprint density at radius 2 is 1.52 bits per heavy atom. The maximum atomic E-state index is 12.9. The molecule has 5 heteroatoms. The van der Waals surface area contributed by atoms with Crippen molar-refractivity contribution in [2.45, 2.75) is 18.8 Å². The second-order valence-electron chi connectivity index (χ2n) is 6.42. The number of carbonyl (C=O) groups excluding carboxylic acids is 2. The summed E-state index contributed by atoms with van der Waals surface area (Å²) in [4.78, 5) is 26.9. The van der Waals surface area contributed by atoms with Gasteiger partial charge < -0.3 is 15.0 Å². The quantitative estimate of drug-likeness (QED) is 0.937. The lowest BCUT2D eigenvalue weighted by Gasteiger charge is -2.27. The van der Waals surface area contributed by atoms with Crippen molar-refractivity contribution in [2.75, 3.05) is 19.6 Å². The van der Waals surface area contributed by atoms with Gasteiger partial charge in [-0.3, -0.25) is 9.59 Å². The third kappa shape index (κ3) is 2.97. The van der Waals surface area contributed by atoms with Gasteiger partial charge in [-0.1, -0.05) is 36.4 Å². The molecule has 1 N–H and O–H groups in total. The fourth-order valence-electron chi connectivity index (χ4n) is 3.54. The summed E-state index contributed by atoms with van der Waals surface area (Å²) in [6, 6.07) is 15.1. The highest BCUT2D eigenvalue weighted by Crippen LogP contribution is 2.43. The third-order valence-corrected chi connectivity index (χ3v) is 4.81. The van der Waals surface area contributed by atoms with E-state index in [1.54, 1.807) is 0 Å². The number of likely N-dealkylation sites (tertiary alicyclic amines) is 1. The number of rotatable bonds is 3. The minimum Gasteiger partial charge on any atom is -0.457 e. The van der Waals surface area contributed by atoms with E-state index in [1.807, 2.05) is 53.4 Å². The predicted molar refractivity (Wildman–Crippen MR) is 93.6 cm³/mol. The van der Waals surface area contributed by atoms with Gasteiger partial charge in [-0.25, -0.2) is 0 Å². The number of ether oxygens (including phenoxy) is 1. The molecule has 0 radical (unpaired) electrons. The van der Waals surface area contributed by atoms with E-state index in [0.29, 0.717) is 11.5 Å². The summed E-state index contributed by atoms with van der Waals surface area (Å²) in [5, 5.41) is 2.83. The number of fused-ring (bicyclic) bond motifs is 2. The number of amides is 2. The van der Waals surface area contributed by atoms with Crippen LogP contribution in [0.25, 0.3) is 0 Å². The van der Waals surface area contributed by atoms with Gasteiger partial charge in [-0.15, -0.1) is 0 Å². The smallest absolute Gasteiger partial charge is 0.241 e. The van der Waals surface area contributed by atoms with Crippen molar-refractivity contribution < 1.29 is 14.3 Å². The summed E-state index contributed by atoms with van der Waals surface area (Å²) in [5.41, 5.74) is 1.65. The zero-order valence-electron chi connectivity index (χ0n) is 13.9. The van der Waals surface area contributed by atoms with E-state index in [4.69, 9.17) is 4.74 Å². The van der Waals surface area contributed by atoms with Crippen LogP contribution in [0, 0.1) is 0 Å². The second-order valence-corrected chi connectivity index (χ2v) is 6.42. The SMILES string of the molecule is O=C(NCC(=O)N1CCCC1)C1c2ccccc2Oc2ccccc21. The van der Waals surface area contributed by atoms with Gasteiger partial charge in [-0.05, 0) is 25.0 Å². The van der Waals surface area contributed by atoms with Gasteiger partial charge in [0.15, 0.2) is 0 Å². The molecule has 2 amide bonds. The molecule has 0 bridgehead atoms. The molecule has 2 aliphatic heterocycles. The molecule has 2 aromatic rings. The van der Waals surface area contributed by atoms with E-state index >= 15 is 0 Å². The van der Waals surface area contributed by atoms with Crippen LogP contribution < -0.4 is 10.1 Å². The van der Waals surface area contributed by atoms with Crippen molar-refractivity contribution in [1.29, 1.82) is 0 Å². The molecular formula is C20H20N2O3. The van der Waals surface area contributed by atoms with Crippen molar-refractivity contribution in [1.82, 2.24) is 10.2 Å². The van der Waals surface area contributed by atoms with Gasteiger partial charge in [0.1, 0.15) is 11.5 Å².